The molecule has 1 spiro atoms. The average Bonchev–Trinajstić information content (AvgIpc) is 2.60. The number of aliphatic hydroxyl groups is 1. The first-order chi connectivity index (χ1) is 12.6. The predicted molar refractivity (Wildman–Crippen MR) is 101 cm³/mol. The van der Waals surface area contributed by atoms with Gasteiger partial charge in [0.25, 0.3) is 5.91 Å². The number of ether oxygens (including phenoxy) is 1. The minimum atomic E-state index is -1.16. The van der Waals surface area contributed by atoms with Gasteiger partial charge in [-0.05, 0) is 51.3 Å². The van der Waals surface area contributed by atoms with Crippen LogP contribution in [0.1, 0.15) is 44.7 Å². The fourth-order valence-corrected chi connectivity index (χ4v) is 3.77. The Labute approximate surface area is 162 Å². The highest BCUT2D eigenvalue weighted by Gasteiger charge is 2.50. The topological polar surface area (TPSA) is 92.7 Å². The molecule has 7 heteroatoms. The van der Waals surface area contributed by atoms with Gasteiger partial charge in [0, 0.05) is 23.8 Å². The number of hydrogen-bond acceptors (Lipinski definition) is 5. The zero-order valence-corrected chi connectivity index (χ0v) is 16.3. The molecule has 1 aromatic rings. The molecular weight excluding hydrogens is 370 g/mol. The maximum atomic E-state index is 13.4. The lowest BCUT2D eigenvalue weighted by molar-refractivity contribution is -0.131. The molecule has 27 heavy (non-hydrogen) atoms. The summed E-state index contributed by atoms with van der Waals surface area (Å²) in [7, 11) is 0. The van der Waals surface area contributed by atoms with Crippen LogP contribution in [0.5, 0.6) is 0 Å². The molecule has 0 atom stereocenters. The number of ketones is 2. The van der Waals surface area contributed by atoms with Crippen molar-refractivity contribution in [3.05, 3.63) is 39.9 Å². The van der Waals surface area contributed by atoms with Gasteiger partial charge >= 0.3 is 0 Å². The zero-order valence-electron chi connectivity index (χ0n) is 15.5. The van der Waals surface area contributed by atoms with Crippen molar-refractivity contribution in [2.24, 2.45) is 0 Å². The van der Waals surface area contributed by atoms with E-state index in [9.17, 15) is 19.5 Å². The van der Waals surface area contributed by atoms with E-state index in [1.165, 1.54) is 6.92 Å². The Morgan fingerprint density at radius 3 is 2.48 bits per heavy atom. The lowest BCUT2D eigenvalue weighted by Crippen LogP contribution is -2.53. The number of fused-ring (bicyclic) bond motifs is 2. The summed E-state index contributed by atoms with van der Waals surface area (Å²) in [5, 5.41) is 13.7. The molecule has 1 aliphatic heterocycles. The molecule has 144 valence electrons. The maximum Gasteiger partial charge on any atom is 0.259 e. The van der Waals surface area contributed by atoms with Crippen molar-refractivity contribution in [2.75, 3.05) is 13.2 Å². The molecule has 3 rings (SSSR count). The van der Waals surface area contributed by atoms with Crippen LogP contribution in [0.15, 0.2) is 23.8 Å². The van der Waals surface area contributed by atoms with Crippen molar-refractivity contribution in [1.82, 2.24) is 5.32 Å². The molecular formula is C20H22ClNO5. The summed E-state index contributed by atoms with van der Waals surface area (Å²) >= 11 is 6.09. The van der Waals surface area contributed by atoms with Crippen molar-refractivity contribution in [1.29, 1.82) is 0 Å². The number of halogens is 1. The van der Waals surface area contributed by atoms with E-state index >= 15 is 0 Å². The summed E-state index contributed by atoms with van der Waals surface area (Å²) in [6.45, 7) is 5.21. The molecule has 2 aliphatic rings. The van der Waals surface area contributed by atoms with Gasteiger partial charge in [-0.1, -0.05) is 17.7 Å². The fraction of sp³-hybridized carbons (Fsp3) is 0.450. The lowest BCUT2D eigenvalue weighted by atomic mass is 9.64. The number of amides is 1. The summed E-state index contributed by atoms with van der Waals surface area (Å²) in [4.78, 5) is 38.1. The Morgan fingerprint density at radius 2 is 1.89 bits per heavy atom. The number of benzene rings is 1. The quantitative estimate of drug-likeness (QED) is 0.773. The normalized spacial score (nSPS) is 19.0. The van der Waals surface area contributed by atoms with Crippen LogP contribution in [-0.2, 0) is 24.5 Å². The highest BCUT2D eigenvalue weighted by molar-refractivity contribution is 6.32. The van der Waals surface area contributed by atoms with Crippen LogP contribution in [0, 0.1) is 0 Å². The van der Waals surface area contributed by atoms with Gasteiger partial charge < -0.3 is 15.2 Å². The molecule has 1 aliphatic carbocycles. The molecule has 0 saturated carbocycles. The van der Waals surface area contributed by atoms with Crippen molar-refractivity contribution in [3.8, 4) is 0 Å². The molecule has 0 bridgehead atoms. The number of carbonyl (C=O) groups excluding carboxylic acids is 3. The second kappa shape index (κ2) is 6.77. The van der Waals surface area contributed by atoms with E-state index in [2.05, 4.69) is 5.32 Å². The van der Waals surface area contributed by atoms with Crippen molar-refractivity contribution < 1.29 is 24.2 Å². The Balaban J connectivity index is 2.15. The number of carbonyl (C=O) groups is 3. The fourth-order valence-electron chi connectivity index (χ4n) is 3.59. The molecule has 0 unspecified atom stereocenters. The van der Waals surface area contributed by atoms with Crippen molar-refractivity contribution in [3.63, 3.8) is 0 Å². The number of aliphatic hydroxyl groups excluding tert-OH is 1. The summed E-state index contributed by atoms with van der Waals surface area (Å²) in [5.74, 6) is -1.89. The third-order valence-corrected chi connectivity index (χ3v) is 5.77. The van der Waals surface area contributed by atoms with Crippen LogP contribution in [0.2, 0.25) is 5.02 Å². The second-order valence-corrected chi connectivity index (χ2v) is 8.01. The minimum absolute atomic E-state index is 0.261. The van der Waals surface area contributed by atoms with E-state index in [1.54, 1.807) is 32.0 Å². The lowest BCUT2D eigenvalue weighted by Gasteiger charge is -2.40. The second-order valence-electron chi connectivity index (χ2n) is 7.57. The Bertz CT molecular complexity index is 865. The van der Waals surface area contributed by atoms with E-state index in [4.69, 9.17) is 16.3 Å². The summed E-state index contributed by atoms with van der Waals surface area (Å²) in [6.07, 6.45) is 0.807. The highest BCUT2D eigenvalue weighted by atomic mass is 35.5. The van der Waals surface area contributed by atoms with Crippen LogP contribution in [0.4, 0.5) is 0 Å². The van der Waals surface area contributed by atoms with E-state index in [-0.39, 0.29) is 11.4 Å². The Morgan fingerprint density at radius 1 is 1.26 bits per heavy atom. The highest BCUT2D eigenvalue weighted by Crippen LogP contribution is 2.46. The molecule has 1 heterocycles. The van der Waals surface area contributed by atoms with Gasteiger partial charge in [0.15, 0.2) is 11.6 Å². The third-order valence-electron chi connectivity index (χ3n) is 5.53. The van der Waals surface area contributed by atoms with Gasteiger partial charge in [0.2, 0.25) is 0 Å². The van der Waals surface area contributed by atoms with Gasteiger partial charge in [0.05, 0.1) is 11.0 Å². The number of nitrogens with one attached hydrogen (secondary N) is 1. The first kappa shape index (κ1) is 19.6. The van der Waals surface area contributed by atoms with E-state index in [0.717, 1.165) is 0 Å². The van der Waals surface area contributed by atoms with Gasteiger partial charge in [-0.2, -0.15) is 0 Å². The molecule has 1 fully saturated rings. The van der Waals surface area contributed by atoms with Gasteiger partial charge in [-0.15, -0.1) is 0 Å². The molecule has 1 aromatic carbocycles. The van der Waals surface area contributed by atoms with E-state index in [0.29, 0.717) is 42.2 Å². The van der Waals surface area contributed by atoms with Gasteiger partial charge in [0.1, 0.15) is 11.3 Å². The van der Waals surface area contributed by atoms with Crippen LogP contribution in [0.25, 0.3) is 5.76 Å². The SMILES string of the molecule is CC(=O)C(C)(C)NC(=O)C1=C(O)c2cc(Cl)ccc2C2(CCOCC2)C1=O. The Hall–Kier alpha value is -2.18. The van der Waals surface area contributed by atoms with Crippen molar-refractivity contribution >= 4 is 34.8 Å². The smallest absolute Gasteiger partial charge is 0.259 e. The van der Waals surface area contributed by atoms with Crippen LogP contribution in [-0.4, -0.2) is 41.3 Å². The summed E-state index contributed by atoms with van der Waals surface area (Å²) in [5.41, 5.74) is -1.42. The predicted octanol–water partition coefficient (Wildman–Crippen LogP) is 2.72. The molecule has 2 N–H and O–H groups in total. The van der Waals surface area contributed by atoms with Crippen LogP contribution in [0.3, 0.4) is 0 Å². The van der Waals surface area contributed by atoms with Crippen LogP contribution < -0.4 is 5.32 Å². The molecule has 0 aromatic heterocycles. The summed E-state index contributed by atoms with van der Waals surface area (Å²) in [6, 6.07) is 4.95. The van der Waals surface area contributed by atoms with Crippen molar-refractivity contribution in [2.45, 2.75) is 44.6 Å². The molecule has 0 radical (unpaired) electrons. The molecule has 1 saturated heterocycles. The largest absolute Gasteiger partial charge is 0.506 e. The molecule has 6 nitrogen and oxygen atoms in total. The zero-order chi connectivity index (χ0) is 20.0. The first-order valence-corrected chi connectivity index (χ1v) is 9.18. The third kappa shape index (κ3) is 3.17. The number of rotatable bonds is 3. The maximum absolute atomic E-state index is 13.4. The Kier molecular flexibility index (Phi) is 4.91. The van der Waals surface area contributed by atoms with Crippen LogP contribution >= 0.6 is 11.6 Å². The standard InChI is InChI=1S/C20H22ClNO5/c1-11(23)19(2,3)22-18(26)15-16(24)13-10-12(21)4-5-14(13)20(17(15)25)6-8-27-9-7-20/h4-5,10,24H,6-9H2,1-3H3,(H,22,26). The number of Topliss-reactive ketones (excluding diaryl/α,β-unsaturated/α-hetero) is 2. The van der Waals surface area contributed by atoms with E-state index < -0.39 is 28.4 Å². The van der Waals surface area contributed by atoms with Gasteiger partial charge in [-0.25, -0.2) is 0 Å². The summed E-state index contributed by atoms with van der Waals surface area (Å²) < 4.78 is 5.42. The minimum Gasteiger partial charge on any atom is -0.506 e. The monoisotopic (exact) mass is 391 g/mol. The molecule has 1 amide bonds. The van der Waals surface area contributed by atoms with Gasteiger partial charge in [-0.3, -0.25) is 14.4 Å². The first-order valence-electron chi connectivity index (χ1n) is 8.80. The number of hydrogen-bond donors (Lipinski definition) is 2. The van der Waals surface area contributed by atoms with E-state index in [1.807, 2.05) is 0 Å². The average molecular weight is 392 g/mol.